The van der Waals surface area contributed by atoms with Crippen LogP contribution >= 0.6 is 24.0 Å². The fourth-order valence-corrected chi connectivity index (χ4v) is 2.36. The van der Waals surface area contributed by atoms with Crippen LogP contribution in [0.5, 0.6) is 0 Å². The second kappa shape index (κ2) is 11.2. The highest BCUT2D eigenvalue weighted by molar-refractivity contribution is 14.0. The molecule has 0 saturated heterocycles. The van der Waals surface area contributed by atoms with Crippen LogP contribution in [0.4, 0.5) is 0 Å². The van der Waals surface area contributed by atoms with E-state index >= 15 is 0 Å². The summed E-state index contributed by atoms with van der Waals surface area (Å²) in [5.41, 5.74) is -0.186. The Bertz CT molecular complexity index is 701. The summed E-state index contributed by atoms with van der Waals surface area (Å²) < 4.78 is 5.24. The highest BCUT2D eigenvalue weighted by atomic mass is 127. The minimum Gasteiger partial charge on any atom is -0.384 e. The van der Waals surface area contributed by atoms with Crippen LogP contribution in [0.25, 0.3) is 0 Å². The molecule has 2 aromatic rings. The fraction of sp³-hybridized carbons (Fsp3) is 0.526. The van der Waals surface area contributed by atoms with Gasteiger partial charge in [0.25, 0.3) is 0 Å². The molecule has 1 aromatic heterocycles. The largest absolute Gasteiger partial charge is 0.384 e. The van der Waals surface area contributed by atoms with Gasteiger partial charge in [-0.2, -0.15) is 4.98 Å². The van der Waals surface area contributed by atoms with Crippen molar-refractivity contribution in [2.75, 3.05) is 19.6 Å². The molecule has 0 aliphatic rings. The van der Waals surface area contributed by atoms with E-state index in [2.05, 4.69) is 25.8 Å². The van der Waals surface area contributed by atoms with Gasteiger partial charge in [-0.3, -0.25) is 0 Å². The minimum absolute atomic E-state index is 0. The molecule has 8 heteroatoms. The zero-order chi connectivity index (χ0) is 19.0. The van der Waals surface area contributed by atoms with Crippen molar-refractivity contribution in [3.8, 4) is 0 Å². The Morgan fingerprint density at radius 3 is 2.56 bits per heavy atom. The summed E-state index contributed by atoms with van der Waals surface area (Å²) in [5, 5.41) is 21.0. The van der Waals surface area contributed by atoms with Crippen molar-refractivity contribution < 1.29 is 9.63 Å². The molecule has 0 aliphatic carbocycles. The van der Waals surface area contributed by atoms with E-state index in [1.807, 2.05) is 51.1 Å². The quantitative estimate of drug-likeness (QED) is 0.301. The third kappa shape index (κ3) is 7.45. The lowest BCUT2D eigenvalue weighted by atomic mass is 9.96. The summed E-state index contributed by atoms with van der Waals surface area (Å²) in [6.45, 7) is 9.42. The van der Waals surface area contributed by atoms with Crippen LogP contribution in [0.3, 0.4) is 0 Å². The summed E-state index contributed by atoms with van der Waals surface area (Å²) in [6, 6.07) is 9.55. The van der Waals surface area contributed by atoms with E-state index in [0.29, 0.717) is 24.8 Å². The van der Waals surface area contributed by atoms with E-state index in [4.69, 9.17) is 4.52 Å². The summed E-state index contributed by atoms with van der Waals surface area (Å²) in [6.07, 6.45) is 0.610. The Kier molecular flexibility index (Phi) is 9.71. The van der Waals surface area contributed by atoms with Crippen LogP contribution in [0, 0.1) is 0 Å². The van der Waals surface area contributed by atoms with Crippen molar-refractivity contribution in [3.05, 3.63) is 47.6 Å². The van der Waals surface area contributed by atoms with Gasteiger partial charge in [0.2, 0.25) is 5.89 Å². The highest BCUT2D eigenvalue weighted by Gasteiger charge is 2.22. The number of rotatable bonds is 8. The van der Waals surface area contributed by atoms with E-state index in [9.17, 15) is 5.11 Å². The van der Waals surface area contributed by atoms with Gasteiger partial charge in [-0.15, -0.1) is 24.0 Å². The van der Waals surface area contributed by atoms with Crippen molar-refractivity contribution in [3.63, 3.8) is 0 Å². The summed E-state index contributed by atoms with van der Waals surface area (Å²) >= 11 is 0. The first-order chi connectivity index (χ1) is 12.4. The van der Waals surface area contributed by atoms with Gasteiger partial charge in [-0.25, -0.2) is 4.99 Å². The van der Waals surface area contributed by atoms with Gasteiger partial charge in [0.05, 0.1) is 6.54 Å². The summed E-state index contributed by atoms with van der Waals surface area (Å²) in [5.74, 6) is 2.22. The van der Waals surface area contributed by atoms with Gasteiger partial charge in [-0.05, 0) is 19.4 Å². The Morgan fingerprint density at radius 2 is 1.96 bits per heavy atom. The zero-order valence-corrected chi connectivity index (χ0v) is 18.7. The zero-order valence-electron chi connectivity index (χ0n) is 16.4. The molecule has 7 nitrogen and oxygen atoms in total. The number of guanidine groups is 1. The monoisotopic (exact) mass is 487 g/mol. The van der Waals surface area contributed by atoms with Crippen molar-refractivity contribution in [1.82, 2.24) is 20.8 Å². The predicted octanol–water partition coefficient (Wildman–Crippen LogP) is 2.82. The molecule has 1 heterocycles. The van der Waals surface area contributed by atoms with Crippen molar-refractivity contribution in [2.24, 2.45) is 4.99 Å². The van der Waals surface area contributed by atoms with Crippen LogP contribution in [0.1, 0.15) is 50.9 Å². The molecule has 0 saturated carbocycles. The smallest absolute Gasteiger partial charge is 0.228 e. The first-order valence-electron chi connectivity index (χ1n) is 9.05. The number of nitrogens with zero attached hydrogens (tertiary/aromatic N) is 3. The number of aromatic nitrogens is 2. The Balaban J connectivity index is 0.00000364. The molecule has 0 bridgehead atoms. The van der Waals surface area contributed by atoms with Crippen LogP contribution in [0.15, 0.2) is 39.8 Å². The van der Waals surface area contributed by atoms with Gasteiger partial charge in [0, 0.05) is 25.4 Å². The summed E-state index contributed by atoms with van der Waals surface area (Å²) in [7, 11) is 0. The van der Waals surface area contributed by atoms with Gasteiger partial charge in [0.1, 0.15) is 5.60 Å². The number of nitrogens with one attached hydrogen (secondary N) is 2. The van der Waals surface area contributed by atoms with Gasteiger partial charge < -0.3 is 20.3 Å². The minimum atomic E-state index is -1.03. The predicted molar refractivity (Wildman–Crippen MR) is 118 cm³/mol. The average molecular weight is 487 g/mol. The van der Waals surface area contributed by atoms with Gasteiger partial charge in [0.15, 0.2) is 11.8 Å². The molecule has 1 atom stereocenters. The Morgan fingerprint density at radius 1 is 1.26 bits per heavy atom. The van der Waals surface area contributed by atoms with Crippen molar-refractivity contribution in [2.45, 2.75) is 45.6 Å². The molecule has 150 valence electrons. The first-order valence-corrected chi connectivity index (χ1v) is 9.05. The molecule has 27 heavy (non-hydrogen) atoms. The van der Waals surface area contributed by atoms with E-state index < -0.39 is 5.60 Å². The van der Waals surface area contributed by atoms with Crippen molar-refractivity contribution >= 4 is 29.9 Å². The lowest BCUT2D eigenvalue weighted by Crippen LogP contribution is -2.39. The molecule has 1 unspecified atom stereocenters. The van der Waals surface area contributed by atoms with Crippen molar-refractivity contribution in [1.29, 1.82) is 0 Å². The molecule has 0 radical (unpaired) electrons. The lowest BCUT2D eigenvalue weighted by Gasteiger charge is -2.22. The van der Waals surface area contributed by atoms with E-state index in [0.717, 1.165) is 17.9 Å². The van der Waals surface area contributed by atoms with Crippen LogP contribution in [0.2, 0.25) is 0 Å². The molecule has 2 rings (SSSR count). The Hall–Kier alpha value is -1.68. The third-order valence-electron chi connectivity index (χ3n) is 3.92. The molecular formula is C19H30IN5O2. The van der Waals surface area contributed by atoms with E-state index in [1.54, 1.807) is 6.92 Å². The molecule has 0 amide bonds. The molecule has 0 spiro atoms. The lowest BCUT2D eigenvalue weighted by molar-refractivity contribution is 0.0672. The van der Waals surface area contributed by atoms with Gasteiger partial charge in [-0.1, -0.05) is 49.3 Å². The molecular weight excluding hydrogens is 457 g/mol. The maximum absolute atomic E-state index is 10.7. The van der Waals surface area contributed by atoms with Gasteiger partial charge >= 0.3 is 0 Å². The molecule has 0 fully saturated rings. The maximum Gasteiger partial charge on any atom is 0.228 e. The number of aliphatic hydroxyl groups is 1. The van der Waals surface area contributed by atoms with E-state index in [1.165, 1.54) is 0 Å². The SMILES string of the molecule is CCNC(=NCC(C)(O)c1ccccc1)NCCc1nc(C(C)C)no1.I. The maximum atomic E-state index is 10.7. The number of hydrogen-bond acceptors (Lipinski definition) is 5. The number of aliphatic imine (C=N–C) groups is 1. The molecule has 1 aromatic carbocycles. The standard InChI is InChI=1S/C19H29N5O2.HI/c1-5-20-18(21-12-11-16-23-17(14(2)3)24-26-16)22-13-19(4,25)15-9-7-6-8-10-15;/h6-10,14,25H,5,11-13H2,1-4H3,(H2,20,21,22);1H. The Labute approximate surface area is 178 Å². The van der Waals surface area contributed by atoms with Crippen LogP contribution in [-0.4, -0.2) is 40.8 Å². The molecule has 0 aliphatic heterocycles. The second-order valence-corrected chi connectivity index (χ2v) is 6.71. The first kappa shape index (κ1) is 23.4. The second-order valence-electron chi connectivity index (χ2n) is 6.71. The van der Waals surface area contributed by atoms with Crippen LogP contribution in [-0.2, 0) is 12.0 Å². The number of hydrogen-bond donors (Lipinski definition) is 3. The highest BCUT2D eigenvalue weighted by Crippen LogP contribution is 2.20. The summed E-state index contributed by atoms with van der Waals surface area (Å²) in [4.78, 5) is 8.86. The third-order valence-corrected chi connectivity index (χ3v) is 3.92. The van der Waals surface area contributed by atoms with E-state index in [-0.39, 0.29) is 36.4 Å². The average Bonchev–Trinajstić information content (AvgIpc) is 3.10. The number of halogens is 1. The topological polar surface area (TPSA) is 95.6 Å². The number of benzene rings is 1. The molecule has 3 N–H and O–H groups in total. The van der Waals surface area contributed by atoms with Crippen LogP contribution < -0.4 is 10.6 Å². The normalized spacial score (nSPS) is 13.8. The fourth-order valence-electron chi connectivity index (χ4n) is 2.36.